The number of nitrogens with one attached hydrogen (secondary N) is 2. The Balaban J connectivity index is 1.97. The summed E-state index contributed by atoms with van der Waals surface area (Å²) < 4.78 is 0. The van der Waals surface area contributed by atoms with Gasteiger partial charge in [-0.25, -0.2) is 0 Å². The molecule has 4 heteroatoms. The van der Waals surface area contributed by atoms with Gasteiger partial charge in [-0.15, -0.1) is 0 Å². The first kappa shape index (κ1) is 11.6. The topological polar surface area (TPSA) is 58.2 Å². The van der Waals surface area contributed by atoms with Gasteiger partial charge in [0.05, 0.1) is 6.42 Å². The van der Waals surface area contributed by atoms with Crippen molar-refractivity contribution in [3.63, 3.8) is 0 Å². The van der Waals surface area contributed by atoms with Crippen LogP contribution in [0.15, 0.2) is 18.2 Å². The van der Waals surface area contributed by atoms with Gasteiger partial charge in [-0.05, 0) is 23.6 Å². The fraction of sp³-hybridized carbons (Fsp3) is 0.385. The van der Waals surface area contributed by atoms with E-state index in [0.29, 0.717) is 19.4 Å². The Morgan fingerprint density at radius 3 is 3.06 bits per heavy atom. The number of rotatable bonds is 4. The van der Waals surface area contributed by atoms with Gasteiger partial charge in [-0.3, -0.25) is 9.59 Å². The Morgan fingerprint density at radius 1 is 1.47 bits per heavy atom. The number of fused-ring (bicyclic) bond motifs is 1. The average molecular weight is 232 g/mol. The van der Waals surface area contributed by atoms with Crippen LogP contribution >= 0.6 is 0 Å². The molecular weight excluding hydrogens is 216 g/mol. The van der Waals surface area contributed by atoms with E-state index in [1.54, 1.807) is 0 Å². The second-order valence-corrected chi connectivity index (χ2v) is 4.24. The summed E-state index contributed by atoms with van der Waals surface area (Å²) in [6, 6.07) is 5.79. The van der Waals surface area contributed by atoms with E-state index < -0.39 is 0 Å². The molecule has 17 heavy (non-hydrogen) atoms. The van der Waals surface area contributed by atoms with E-state index in [1.807, 2.05) is 25.1 Å². The molecule has 0 radical (unpaired) electrons. The van der Waals surface area contributed by atoms with E-state index in [0.717, 1.165) is 23.2 Å². The lowest BCUT2D eigenvalue weighted by atomic mass is 10.1. The van der Waals surface area contributed by atoms with E-state index in [-0.39, 0.29) is 11.8 Å². The molecule has 0 saturated carbocycles. The SMILES string of the molecule is CCCC(=O)NCc1ccc2c(c1)CC(=O)N2. The normalized spacial score (nSPS) is 13.1. The fourth-order valence-corrected chi connectivity index (χ4v) is 1.91. The van der Waals surface area contributed by atoms with Gasteiger partial charge in [0.1, 0.15) is 0 Å². The molecule has 2 N–H and O–H groups in total. The molecule has 0 bridgehead atoms. The zero-order valence-corrected chi connectivity index (χ0v) is 9.88. The highest BCUT2D eigenvalue weighted by molar-refractivity contribution is 5.99. The predicted molar refractivity (Wildman–Crippen MR) is 65.5 cm³/mol. The molecule has 1 heterocycles. The molecule has 2 rings (SSSR count). The highest BCUT2D eigenvalue weighted by Crippen LogP contribution is 2.23. The van der Waals surface area contributed by atoms with Crippen LogP contribution in [0.25, 0.3) is 0 Å². The highest BCUT2D eigenvalue weighted by Gasteiger charge is 2.17. The van der Waals surface area contributed by atoms with Gasteiger partial charge < -0.3 is 10.6 Å². The quantitative estimate of drug-likeness (QED) is 0.828. The van der Waals surface area contributed by atoms with Gasteiger partial charge in [0.15, 0.2) is 0 Å². The molecule has 4 nitrogen and oxygen atoms in total. The summed E-state index contributed by atoms with van der Waals surface area (Å²) in [6.07, 6.45) is 1.85. The van der Waals surface area contributed by atoms with Gasteiger partial charge in [-0.2, -0.15) is 0 Å². The van der Waals surface area contributed by atoms with Crippen molar-refractivity contribution in [2.45, 2.75) is 32.7 Å². The monoisotopic (exact) mass is 232 g/mol. The van der Waals surface area contributed by atoms with Crippen LogP contribution in [-0.4, -0.2) is 11.8 Å². The number of benzene rings is 1. The van der Waals surface area contributed by atoms with Crippen LogP contribution in [0.1, 0.15) is 30.9 Å². The van der Waals surface area contributed by atoms with Crippen molar-refractivity contribution < 1.29 is 9.59 Å². The van der Waals surface area contributed by atoms with Crippen LogP contribution in [0, 0.1) is 0 Å². The van der Waals surface area contributed by atoms with Crippen LogP contribution in [0.3, 0.4) is 0 Å². The van der Waals surface area contributed by atoms with E-state index in [4.69, 9.17) is 0 Å². The molecule has 1 aromatic rings. The standard InChI is InChI=1S/C13H16N2O2/c1-2-3-12(16)14-8-9-4-5-11-10(6-9)7-13(17)15-11/h4-6H,2-3,7-8H2,1H3,(H,14,16)(H,15,17). The fourth-order valence-electron chi connectivity index (χ4n) is 1.91. The summed E-state index contributed by atoms with van der Waals surface area (Å²) >= 11 is 0. The summed E-state index contributed by atoms with van der Waals surface area (Å²) in [5.74, 6) is 0.106. The van der Waals surface area contributed by atoms with Crippen molar-refractivity contribution >= 4 is 17.5 Å². The second-order valence-electron chi connectivity index (χ2n) is 4.24. The maximum absolute atomic E-state index is 11.3. The number of hydrogen-bond donors (Lipinski definition) is 2. The van der Waals surface area contributed by atoms with Gasteiger partial charge in [0, 0.05) is 18.7 Å². The molecule has 1 aromatic carbocycles. The highest BCUT2D eigenvalue weighted by atomic mass is 16.2. The third-order valence-corrected chi connectivity index (χ3v) is 2.76. The Kier molecular flexibility index (Phi) is 3.42. The maximum Gasteiger partial charge on any atom is 0.228 e. The number of carbonyl (C=O) groups excluding carboxylic acids is 2. The smallest absolute Gasteiger partial charge is 0.228 e. The molecule has 1 aliphatic rings. The first-order valence-electron chi connectivity index (χ1n) is 5.87. The van der Waals surface area contributed by atoms with Gasteiger partial charge >= 0.3 is 0 Å². The molecule has 0 fully saturated rings. The third-order valence-electron chi connectivity index (χ3n) is 2.76. The number of carbonyl (C=O) groups is 2. The van der Waals surface area contributed by atoms with E-state index >= 15 is 0 Å². The van der Waals surface area contributed by atoms with Gasteiger partial charge in [0.2, 0.25) is 11.8 Å². The lowest BCUT2D eigenvalue weighted by Crippen LogP contribution is -2.22. The van der Waals surface area contributed by atoms with Crippen LogP contribution in [0.5, 0.6) is 0 Å². The first-order chi connectivity index (χ1) is 8.19. The van der Waals surface area contributed by atoms with E-state index in [1.165, 1.54) is 0 Å². The minimum atomic E-state index is 0.0344. The molecule has 90 valence electrons. The van der Waals surface area contributed by atoms with Crippen molar-refractivity contribution in [3.05, 3.63) is 29.3 Å². The summed E-state index contributed by atoms with van der Waals surface area (Å²) in [5.41, 5.74) is 2.93. The Labute approximate surface area is 100 Å². The van der Waals surface area contributed by atoms with Crippen molar-refractivity contribution in [2.75, 3.05) is 5.32 Å². The molecule has 0 unspecified atom stereocenters. The van der Waals surface area contributed by atoms with E-state index in [9.17, 15) is 9.59 Å². The number of anilines is 1. The molecule has 0 aromatic heterocycles. The Hall–Kier alpha value is -1.84. The average Bonchev–Trinajstić information content (AvgIpc) is 2.66. The van der Waals surface area contributed by atoms with Crippen LogP contribution in [-0.2, 0) is 22.6 Å². The Bertz CT molecular complexity index is 455. The molecule has 0 aliphatic carbocycles. The largest absolute Gasteiger partial charge is 0.352 e. The molecule has 0 saturated heterocycles. The minimum absolute atomic E-state index is 0.0344. The van der Waals surface area contributed by atoms with Crippen LogP contribution in [0.2, 0.25) is 0 Å². The van der Waals surface area contributed by atoms with E-state index in [2.05, 4.69) is 10.6 Å². The summed E-state index contributed by atoms with van der Waals surface area (Å²) in [7, 11) is 0. The molecular formula is C13H16N2O2. The summed E-state index contributed by atoms with van der Waals surface area (Å²) in [5, 5.41) is 5.64. The predicted octanol–water partition coefficient (Wildman–Crippen LogP) is 1.60. The first-order valence-corrected chi connectivity index (χ1v) is 5.87. The lowest BCUT2D eigenvalue weighted by molar-refractivity contribution is -0.121. The van der Waals surface area contributed by atoms with Crippen molar-refractivity contribution in [2.24, 2.45) is 0 Å². The van der Waals surface area contributed by atoms with Crippen LogP contribution in [0.4, 0.5) is 5.69 Å². The Morgan fingerprint density at radius 2 is 2.29 bits per heavy atom. The number of hydrogen-bond acceptors (Lipinski definition) is 2. The number of amides is 2. The summed E-state index contributed by atoms with van der Waals surface area (Å²) in [4.78, 5) is 22.5. The van der Waals surface area contributed by atoms with Crippen molar-refractivity contribution in [1.29, 1.82) is 0 Å². The summed E-state index contributed by atoms with van der Waals surface area (Å²) in [6.45, 7) is 2.51. The molecule has 0 atom stereocenters. The van der Waals surface area contributed by atoms with Gasteiger partial charge in [-0.1, -0.05) is 19.1 Å². The lowest BCUT2D eigenvalue weighted by Gasteiger charge is -2.06. The van der Waals surface area contributed by atoms with Crippen molar-refractivity contribution in [3.8, 4) is 0 Å². The third kappa shape index (κ3) is 2.84. The second kappa shape index (κ2) is 4.99. The minimum Gasteiger partial charge on any atom is -0.352 e. The van der Waals surface area contributed by atoms with Crippen molar-refractivity contribution in [1.82, 2.24) is 5.32 Å². The van der Waals surface area contributed by atoms with Gasteiger partial charge in [0.25, 0.3) is 0 Å². The molecule has 2 amide bonds. The molecule has 1 aliphatic heterocycles. The van der Waals surface area contributed by atoms with Crippen LogP contribution < -0.4 is 10.6 Å². The molecule has 0 spiro atoms. The maximum atomic E-state index is 11.3. The zero-order valence-electron chi connectivity index (χ0n) is 9.88. The zero-order chi connectivity index (χ0) is 12.3.